The van der Waals surface area contributed by atoms with Gasteiger partial charge in [0.15, 0.2) is 0 Å². The van der Waals surface area contributed by atoms with Crippen LogP contribution in [0.1, 0.15) is 46.9 Å². The number of nitrogens with two attached hydrogens (primary N) is 1. The zero-order chi connectivity index (χ0) is 35.7. The van der Waals surface area contributed by atoms with Crippen LogP contribution in [0.4, 0.5) is 17.6 Å². The number of benzene rings is 3. The number of primary amides is 1. The largest absolute Gasteiger partial charge is 0.494 e. The highest BCUT2D eigenvalue weighted by atomic mass is 35.5. The molecule has 2 amide bonds. The molecule has 0 bridgehead atoms. The molecule has 1 aliphatic heterocycles. The third-order valence-electron chi connectivity index (χ3n) is 9.26. The van der Waals surface area contributed by atoms with Gasteiger partial charge in [0.2, 0.25) is 11.7 Å². The molecule has 2 atom stereocenters. The SMILES string of the molecule is COc1cc(C(=O)NC[C@@](O)(c2ccc(F)cc2)c2cc3c(c(-c4cc(Cl)c(F)cc4F)n2)OC[C@]3(C)C(N)=O)cc2cn(C3(F)CC3)nc12. The van der Waals surface area contributed by atoms with Crippen molar-refractivity contribution < 1.29 is 41.7 Å². The lowest BCUT2D eigenvalue weighted by atomic mass is 9.80. The summed E-state index contributed by atoms with van der Waals surface area (Å²) in [7, 11) is 1.38. The van der Waals surface area contributed by atoms with Crippen LogP contribution in [0.2, 0.25) is 5.02 Å². The number of carbonyl (C=O) groups is 2. The molecule has 0 saturated heterocycles. The maximum absolute atomic E-state index is 15.3. The van der Waals surface area contributed by atoms with E-state index in [0.29, 0.717) is 29.8 Å². The van der Waals surface area contributed by atoms with Gasteiger partial charge < -0.3 is 25.6 Å². The van der Waals surface area contributed by atoms with E-state index >= 15 is 4.39 Å². The van der Waals surface area contributed by atoms with E-state index in [1.165, 1.54) is 55.2 Å². The van der Waals surface area contributed by atoms with Crippen molar-refractivity contribution in [3.05, 3.63) is 106 Å². The first-order valence-electron chi connectivity index (χ1n) is 15.3. The molecular weight excluding hydrogens is 682 g/mol. The van der Waals surface area contributed by atoms with Gasteiger partial charge in [0, 0.05) is 47.2 Å². The molecule has 50 heavy (non-hydrogen) atoms. The molecule has 0 spiro atoms. The standard InChI is InChI=1S/C35H28ClF4N5O5/c1-33(32(41)47)16-50-30-22(33)12-27(43-29(30)21-11-23(36)25(39)13-24(21)38)35(48,19-3-5-20(37)6-4-19)15-42-31(46)17-9-18-14-45(34(40)7-8-34)44-28(18)26(10-17)49-2/h3-6,9-14,48H,7-8,15-16H2,1-2H3,(H2,41,47)(H,42,46)/t33-,35+/m0/s1. The first kappa shape index (κ1) is 33.3. The van der Waals surface area contributed by atoms with Crippen LogP contribution >= 0.6 is 11.6 Å². The summed E-state index contributed by atoms with van der Waals surface area (Å²) in [6.07, 6.45) is 2.09. The molecule has 3 heterocycles. The predicted molar refractivity (Wildman–Crippen MR) is 173 cm³/mol. The summed E-state index contributed by atoms with van der Waals surface area (Å²) >= 11 is 6.01. The monoisotopic (exact) mass is 709 g/mol. The second kappa shape index (κ2) is 11.7. The Labute approximate surface area is 286 Å². The lowest BCUT2D eigenvalue weighted by Crippen LogP contribution is -2.43. The van der Waals surface area contributed by atoms with Gasteiger partial charge in [-0.05, 0) is 48.9 Å². The van der Waals surface area contributed by atoms with Crippen molar-refractivity contribution in [2.45, 2.75) is 36.6 Å². The molecule has 1 fully saturated rings. The average molecular weight is 710 g/mol. The van der Waals surface area contributed by atoms with Crippen LogP contribution in [-0.4, -0.2) is 51.9 Å². The van der Waals surface area contributed by atoms with Crippen molar-refractivity contribution in [1.29, 1.82) is 0 Å². The number of alkyl halides is 1. The fourth-order valence-electron chi connectivity index (χ4n) is 5.99. The Balaban J connectivity index is 1.34. The second-order valence-electron chi connectivity index (χ2n) is 12.6. The summed E-state index contributed by atoms with van der Waals surface area (Å²) in [5.41, 5.74) is 1.88. The lowest BCUT2D eigenvalue weighted by molar-refractivity contribution is -0.123. The van der Waals surface area contributed by atoms with E-state index in [1.807, 2.05) is 0 Å². The van der Waals surface area contributed by atoms with E-state index < -0.39 is 57.6 Å². The zero-order valence-electron chi connectivity index (χ0n) is 26.5. The molecule has 2 aromatic heterocycles. The van der Waals surface area contributed by atoms with E-state index in [-0.39, 0.29) is 51.7 Å². The summed E-state index contributed by atoms with van der Waals surface area (Å²) in [5, 5.41) is 19.4. The van der Waals surface area contributed by atoms with Gasteiger partial charge in [-0.15, -0.1) is 0 Å². The molecule has 1 saturated carbocycles. The lowest BCUT2D eigenvalue weighted by Gasteiger charge is -2.30. The highest BCUT2D eigenvalue weighted by molar-refractivity contribution is 6.31. The molecule has 0 radical (unpaired) electrons. The first-order valence-corrected chi connectivity index (χ1v) is 15.7. The topological polar surface area (TPSA) is 142 Å². The number of nitrogens with one attached hydrogen (secondary N) is 1. The smallest absolute Gasteiger partial charge is 0.251 e. The summed E-state index contributed by atoms with van der Waals surface area (Å²) < 4.78 is 70.8. The summed E-state index contributed by atoms with van der Waals surface area (Å²) in [5.74, 6) is -5.66. The van der Waals surface area contributed by atoms with Gasteiger partial charge >= 0.3 is 0 Å². The van der Waals surface area contributed by atoms with E-state index in [2.05, 4.69) is 15.4 Å². The van der Waals surface area contributed by atoms with Crippen LogP contribution in [0.5, 0.6) is 11.5 Å². The Morgan fingerprint density at radius 2 is 1.84 bits per heavy atom. The fourth-order valence-corrected chi connectivity index (χ4v) is 6.15. The van der Waals surface area contributed by atoms with Crippen LogP contribution in [-0.2, 0) is 21.6 Å². The number of amides is 2. The molecule has 4 N–H and O–H groups in total. The molecule has 2 aliphatic rings. The van der Waals surface area contributed by atoms with Gasteiger partial charge in [-0.25, -0.2) is 27.2 Å². The van der Waals surface area contributed by atoms with Gasteiger partial charge in [0.05, 0.1) is 24.4 Å². The second-order valence-corrected chi connectivity index (χ2v) is 13.0. The predicted octanol–water partition coefficient (Wildman–Crippen LogP) is 5.40. The molecule has 5 aromatic rings. The molecule has 3 aromatic carbocycles. The van der Waals surface area contributed by atoms with Crippen LogP contribution in [0, 0.1) is 17.5 Å². The van der Waals surface area contributed by atoms with E-state index in [4.69, 9.17) is 26.8 Å². The normalized spacial score (nSPS) is 18.6. The Morgan fingerprint density at radius 3 is 2.50 bits per heavy atom. The van der Waals surface area contributed by atoms with Crippen molar-refractivity contribution in [3.8, 4) is 22.8 Å². The molecule has 258 valence electrons. The van der Waals surface area contributed by atoms with Gasteiger partial charge in [-0.2, -0.15) is 5.10 Å². The Kier molecular flexibility index (Phi) is 7.79. The summed E-state index contributed by atoms with van der Waals surface area (Å²) in [4.78, 5) is 30.9. The third kappa shape index (κ3) is 5.39. The number of hydrogen-bond donors (Lipinski definition) is 3. The van der Waals surface area contributed by atoms with E-state index in [1.54, 1.807) is 0 Å². The fraction of sp³-hybridized carbons (Fsp3) is 0.257. The van der Waals surface area contributed by atoms with Gasteiger partial charge in [0.1, 0.15) is 57.8 Å². The number of ether oxygens (including phenoxy) is 2. The van der Waals surface area contributed by atoms with Crippen LogP contribution < -0.4 is 20.5 Å². The van der Waals surface area contributed by atoms with E-state index in [9.17, 15) is 27.9 Å². The molecule has 15 heteroatoms. The number of aromatic nitrogens is 3. The number of methoxy groups -OCH3 is 1. The van der Waals surface area contributed by atoms with Crippen LogP contribution in [0.25, 0.3) is 22.2 Å². The molecule has 1 aliphatic carbocycles. The van der Waals surface area contributed by atoms with Crippen molar-refractivity contribution in [2.24, 2.45) is 5.73 Å². The van der Waals surface area contributed by atoms with Gasteiger partial charge in [-0.1, -0.05) is 23.7 Å². The Bertz CT molecular complexity index is 2230. The number of fused-ring (bicyclic) bond motifs is 2. The van der Waals surface area contributed by atoms with Crippen LogP contribution in [0.15, 0.2) is 60.8 Å². The maximum atomic E-state index is 15.3. The average Bonchev–Trinajstić information content (AvgIpc) is 3.52. The minimum atomic E-state index is -2.26. The van der Waals surface area contributed by atoms with Crippen molar-refractivity contribution in [1.82, 2.24) is 20.1 Å². The maximum Gasteiger partial charge on any atom is 0.251 e. The van der Waals surface area contributed by atoms with Gasteiger partial charge in [0.25, 0.3) is 5.91 Å². The third-order valence-corrected chi connectivity index (χ3v) is 9.55. The number of nitrogens with zero attached hydrogens (tertiary/aromatic N) is 3. The van der Waals surface area contributed by atoms with Crippen molar-refractivity contribution in [3.63, 3.8) is 0 Å². The Morgan fingerprint density at radius 1 is 1.12 bits per heavy atom. The number of aliphatic hydroxyl groups is 1. The van der Waals surface area contributed by atoms with Crippen molar-refractivity contribution in [2.75, 3.05) is 20.3 Å². The number of halogens is 5. The molecule has 7 rings (SSSR count). The minimum Gasteiger partial charge on any atom is -0.494 e. The highest BCUT2D eigenvalue weighted by Gasteiger charge is 2.47. The van der Waals surface area contributed by atoms with Gasteiger partial charge in [-0.3, -0.25) is 9.59 Å². The van der Waals surface area contributed by atoms with Crippen LogP contribution in [0.3, 0.4) is 0 Å². The first-order chi connectivity index (χ1) is 23.7. The summed E-state index contributed by atoms with van der Waals surface area (Å²) in [6.45, 7) is 0.639. The highest BCUT2D eigenvalue weighted by Crippen LogP contribution is 2.48. The molecular formula is C35H28ClF4N5O5. The minimum absolute atomic E-state index is 0.0516. The molecule has 10 nitrogen and oxygen atoms in total. The number of carbonyl (C=O) groups excluding carboxylic acids is 2. The van der Waals surface area contributed by atoms with Crippen molar-refractivity contribution >= 4 is 34.3 Å². The zero-order valence-corrected chi connectivity index (χ0v) is 27.2. The summed E-state index contributed by atoms with van der Waals surface area (Å²) in [6, 6.07) is 10.5. The molecule has 0 unspecified atom stereocenters. The number of hydrogen-bond acceptors (Lipinski definition) is 7. The quantitative estimate of drug-likeness (QED) is 0.138. The van der Waals surface area contributed by atoms with E-state index in [0.717, 1.165) is 18.2 Å². The number of pyridine rings is 1. The number of rotatable bonds is 9. The Hall–Kier alpha value is -5.21.